The van der Waals surface area contributed by atoms with Crippen LogP contribution in [0.4, 0.5) is 4.39 Å². The van der Waals surface area contributed by atoms with Crippen LogP contribution in [0.1, 0.15) is 52.9 Å². The maximum Gasteiger partial charge on any atom is 0.206 e. The van der Waals surface area contributed by atoms with Crippen molar-refractivity contribution in [3.8, 4) is 0 Å². The van der Waals surface area contributed by atoms with E-state index >= 15 is 4.39 Å². The molecule has 2 heterocycles. The molecule has 2 spiro atoms. The van der Waals surface area contributed by atoms with E-state index in [1.54, 1.807) is 0 Å². The molecule has 8 atom stereocenters. The molecule has 0 bridgehead atoms. The summed E-state index contributed by atoms with van der Waals surface area (Å²) in [6, 6.07) is 0. The van der Waals surface area contributed by atoms with Crippen LogP contribution in [0.25, 0.3) is 0 Å². The van der Waals surface area contributed by atoms with Crippen molar-refractivity contribution in [3.05, 3.63) is 11.6 Å². The Hall–Kier alpha value is -0.530. The topological polar surface area (TPSA) is 57.2 Å². The molecule has 6 heteroatoms. The van der Waals surface area contributed by atoms with Crippen molar-refractivity contribution in [1.29, 1.82) is 0 Å². The SMILES string of the molecule is CC1C2(OCCO2)C2C(CC=C3CC(O)CCC32C)C2CC(F)C3(OCCO3)C21C. The van der Waals surface area contributed by atoms with Crippen molar-refractivity contribution in [2.45, 2.75) is 76.7 Å². The second-order valence-corrected chi connectivity index (χ2v) is 11.0. The molecule has 1 N–H and O–H groups in total. The largest absolute Gasteiger partial charge is 0.393 e. The van der Waals surface area contributed by atoms with E-state index in [9.17, 15) is 5.11 Å². The monoisotopic (exact) mass is 422 g/mol. The summed E-state index contributed by atoms with van der Waals surface area (Å²) in [4.78, 5) is 0. The van der Waals surface area contributed by atoms with Gasteiger partial charge in [0.1, 0.15) is 0 Å². The maximum absolute atomic E-state index is 15.7. The zero-order chi connectivity index (χ0) is 20.9. The highest BCUT2D eigenvalue weighted by Gasteiger charge is 2.79. The van der Waals surface area contributed by atoms with Gasteiger partial charge >= 0.3 is 0 Å². The molecule has 5 fully saturated rings. The average Bonchev–Trinajstić information content (AvgIpc) is 3.44. The fraction of sp³-hybridized carbons (Fsp3) is 0.917. The molecule has 5 nitrogen and oxygen atoms in total. The number of halogens is 1. The third kappa shape index (κ3) is 2.11. The van der Waals surface area contributed by atoms with Crippen LogP contribution < -0.4 is 0 Å². The van der Waals surface area contributed by atoms with Gasteiger partial charge in [0.15, 0.2) is 12.0 Å². The lowest BCUT2D eigenvalue weighted by Gasteiger charge is -2.66. The Bertz CT molecular complexity index is 757. The van der Waals surface area contributed by atoms with Gasteiger partial charge in [-0.1, -0.05) is 32.4 Å². The van der Waals surface area contributed by atoms with Crippen LogP contribution in [0.5, 0.6) is 0 Å². The lowest BCUT2D eigenvalue weighted by Crippen LogP contribution is -2.70. The quantitative estimate of drug-likeness (QED) is 0.605. The average molecular weight is 423 g/mol. The van der Waals surface area contributed by atoms with E-state index in [0.717, 1.165) is 25.7 Å². The number of aliphatic hydroxyl groups excluding tert-OH is 1. The minimum atomic E-state index is -1.20. The molecule has 6 aliphatic rings. The first-order valence-corrected chi connectivity index (χ1v) is 11.9. The first kappa shape index (κ1) is 20.1. The van der Waals surface area contributed by atoms with Gasteiger partial charge in [-0.05, 0) is 49.4 Å². The molecule has 6 rings (SSSR count). The molecule has 0 radical (unpaired) electrons. The Morgan fingerprint density at radius 2 is 1.73 bits per heavy atom. The third-order valence-corrected chi connectivity index (χ3v) is 10.2. The summed E-state index contributed by atoms with van der Waals surface area (Å²) in [5.74, 6) is -1.49. The third-order valence-electron chi connectivity index (χ3n) is 10.2. The van der Waals surface area contributed by atoms with E-state index in [0.29, 0.717) is 32.8 Å². The Balaban J connectivity index is 1.53. The van der Waals surface area contributed by atoms with Gasteiger partial charge in [0.25, 0.3) is 0 Å². The molecular weight excluding hydrogens is 387 g/mol. The fourth-order valence-electron chi connectivity index (χ4n) is 8.86. The first-order chi connectivity index (χ1) is 14.3. The lowest BCUT2D eigenvalue weighted by molar-refractivity contribution is -0.360. The van der Waals surface area contributed by atoms with Crippen LogP contribution in [0.3, 0.4) is 0 Å². The zero-order valence-electron chi connectivity index (χ0n) is 18.4. The van der Waals surface area contributed by atoms with Crippen molar-refractivity contribution in [1.82, 2.24) is 0 Å². The molecule has 2 aliphatic heterocycles. The molecule has 0 amide bonds. The second-order valence-electron chi connectivity index (χ2n) is 11.0. The molecule has 30 heavy (non-hydrogen) atoms. The van der Waals surface area contributed by atoms with Crippen molar-refractivity contribution in [2.75, 3.05) is 26.4 Å². The van der Waals surface area contributed by atoms with Gasteiger partial charge in [-0.3, -0.25) is 0 Å². The van der Waals surface area contributed by atoms with Gasteiger partial charge in [0, 0.05) is 17.3 Å². The number of allylic oxidation sites excluding steroid dienone is 1. The fourth-order valence-corrected chi connectivity index (χ4v) is 8.86. The molecule has 0 aromatic heterocycles. The van der Waals surface area contributed by atoms with Gasteiger partial charge in [0.05, 0.1) is 32.5 Å². The predicted octanol–water partition coefficient (Wildman–Crippen LogP) is 3.60. The highest BCUT2D eigenvalue weighted by atomic mass is 19.1. The van der Waals surface area contributed by atoms with Gasteiger partial charge in [-0.25, -0.2) is 4.39 Å². The van der Waals surface area contributed by atoms with Crippen LogP contribution in [-0.2, 0) is 18.9 Å². The summed E-state index contributed by atoms with van der Waals surface area (Å²) < 4.78 is 41.1. The number of rotatable bonds is 0. The summed E-state index contributed by atoms with van der Waals surface area (Å²) in [5.41, 5.74) is 0.723. The van der Waals surface area contributed by atoms with Gasteiger partial charge in [-0.15, -0.1) is 0 Å². The van der Waals surface area contributed by atoms with Crippen LogP contribution in [0.15, 0.2) is 11.6 Å². The van der Waals surface area contributed by atoms with Gasteiger partial charge < -0.3 is 24.1 Å². The van der Waals surface area contributed by atoms with Gasteiger partial charge in [0.2, 0.25) is 5.79 Å². The highest BCUT2D eigenvalue weighted by Crippen LogP contribution is 2.74. The molecule has 0 aromatic rings. The number of ether oxygens (including phenoxy) is 4. The standard InChI is InChI=1S/C24H35FO5/c1-14-22(3)18(13-19(25)24(22)29-10-11-30-24)17-5-4-15-12-16(26)6-7-21(15,2)20(17)23(14)27-8-9-28-23/h4,14,16-20,26H,5-13H2,1-3H3. The minimum absolute atomic E-state index is 0.0689. The Labute approximate surface area is 178 Å². The van der Waals surface area contributed by atoms with Crippen LogP contribution in [-0.4, -0.2) is 55.4 Å². The molecule has 4 aliphatic carbocycles. The zero-order valence-corrected chi connectivity index (χ0v) is 18.4. The molecule has 168 valence electrons. The predicted molar refractivity (Wildman–Crippen MR) is 107 cm³/mol. The van der Waals surface area contributed by atoms with Crippen LogP contribution >= 0.6 is 0 Å². The summed E-state index contributed by atoms with van der Waals surface area (Å²) in [6.07, 6.45) is 4.74. The normalized spacial score (nSPS) is 53.4. The summed E-state index contributed by atoms with van der Waals surface area (Å²) in [6.45, 7) is 8.71. The molecule has 8 unspecified atom stereocenters. The number of fused-ring (bicyclic) bond motifs is 7. The lowest BCUT2D eigenvalue weighted by atomic mass is 9.43. The minimum Gasteiger partial charge on any atom is -0.393 e. The van der Waals surface area contributed by atoms with Crippen molar-refractivity contribution >= 4 is 0 Å². The van der Waals surface area contributed by atoms with Crippen molar-refractivity contribution < 1.29 is 28.4 Å². The summed E-state index contributed by atoms with van der Waals surface area (Å²) in [5, 5.41) is 10.3. The Kier molecular flexibility index (Phi) is 4.21. The molecular formula is C24H35FO5. The van der Waals surface area contributed by atoms with E-state index in [2.05, 4.69) is 26.8 Å². The molecule has 0 aromatic carbocycles. The van der Waals surface area contributed by atoms with Crippen molar-refractivity contribution in [3.63, 3.8) is 0 Å². The molecule has 3 saturated carbocycles. The van der Waals surface area contributed by atoms with E-state index in [4.69, 9.17) is 18.9 Å². The van der Waals surface area contributed by atoms with E-state index in [1.165, 1.54) is 5.57 Å². The second kappa shape index (κ2) is 6.28. The number of hydrogen-bond donors (Lipinski definition) is 1. The summed E-state index contributed by atoms with van der Waals surface area (Å²) in [7, 11) is 0. The molecule has 2 saturated heterocycles. The first-order valence-electron chi connectivity index (χ1n) is 11.9. The van der Waals surface area contributed by atoms with Crippen LogP contribution in [0, 0.1) is 34.5 Å². The summed E-state index contributed by atoms with van der Waals surface area (Å²) >= 11 is 0. The number of hydrogen-bond acceptors (Lipinski definition) is 5. The van der Waals surface area contributed by atoms with E-state index < -0.39 is 23.2 Å². The number of aliphatic hydroxyl groups is 1. The Morgan fingerprint density at radius 3 is 2.43 bits per heavy atom. The van der Waals surface area contributed by atoms with E-state index in [-0.39, 0.29) is 35.2 Å². The van der Waals surface area contributed by atoms with Crippen molar-refractivity contribution in [2.24, 2.45) is 34.5 Å². The van der Waals surface area contributed by atoms with Gasteiger partial charge in [-0.2, -0.15) is 0 Å². The Morgan fingerprint density at radius 1 is 1.07 bits per heavy atom. The smallest absolute Gasteiger partial charge is 0.206 e. The maximum atomic E-state index is 15.7. The highest BCUT2D eigenvalue weighted by molar-refractivity contribution is 5.30. The number of alkyl halides is 1. The van der Waals surface area contributed by atoms with Crippen LogP contribution in [0.2, 0.25) is 0 Å². The van der Waals surface area contributed by atoms with E-state index in [1.807, 2.05) is 0 Å².